The number of ether oxygens (including phenoxy) is 2. The molecule has 2 aromatic rings. The molecular weight excluding hydrogens is 782 g/mol. The van der Waals surface area contributed by atoms with Crippen LogP contribution in [-0.2, 0) is 32.3 Å². The van der Waals surface area contributed by atoms with Gasteiger partial charge < -0.3 is 39.1 Å². The number of rotatable bonds is 13. The molecule has 0 bridgehead atoms. The minimum Gasteiger partial charge on any atom is -0.485 e. The van der Waals surface area contributed by atoms with E-state index >= 15 is 0 Å². The molecule has 0 radical (unpaired) electrons. The van der Waals surface area contributed by atoms with E-state index in [1.807, 2.05) is 0 Å². The Hall–Kier alpha value is -3.86. The van der Waals surface area contributed by atoms with Gasteiger partial charge in [0, 0.05) is 43.7 Å². The number of fused-ring (bicyclic) bond motifs is 2. The summed E-state index contributed by atoms with van der Waals surface area (Å²) in [4.78, 5) is 64.2. The molecule has 0 aliphatic carbocycles. The zero-order chi connectivity index (χ0) is 41.8. The summed E-state index contributed by atoms with van der Waals surface area (Å²) in [6, 6.07) is 8.40. The number of phosphoric ester groups is 2. The first-order valence-corrected chi connectivity index (χ1v) is 21.8. The van der Waals surface area contributed by atoms with Crippen LogP contribution in [0.15, 0.2) is 36.4 Å². The van der Waals surface area contributed by atoms with Gasteiger partial charge in [0.05, 0.1) is 31.8 Å². The highest BCUT2D eigenvalue weighted by atomic mass is 31.2. The molecule has 5 atom stereocenters. The Bertz CT molecular complexity index is 1990. The van der Waals surface area contributed by atoms with Gasteiger partial charge in [-0.2, -0.15) is 0 Å². The third-order valence-corrected chi connectivity index (χ3v) is 11.8. The minimum absolute atomic E-state index is 0.0407. The van der Waals surface area contributed by atoms with E-state index in [1.165, 1.54) is 0 Å². The van der Waals surface area contributed by atoms with Crippen LogP contribution in [-0.4, -0.2) is 91.1 Å². The van der Waals surface area contributed by atoms with Crippen LogP contribution < -0.4 is 9.47 Å². The zero-order valence-electron chi connectivity index (χ0n) is 32.4. The zero-order valence-corrected chi connectivity index (χ0v) is 34.2. The third kappa shape index (κ3) is 10.6. The fourth-order valence-electron chi connectivity index (χ4n) is 7.66. The summed E-state index contributed by atoms with van der Waals surface area (Å²) in [5.41, 5.74) is -0.268. The van der Waals surface area contributed by atoms with Gasteiger partial charge in [-0.3, -0.25) is 23.2 Å². The van der Waals surface area contributed by atoms with Gasteiger partial charge in [0.25, 0.3) is 0 Å². The van der Waals surface area contributed by atoms with Crippen molar-refractivity contribution in [1.82, 2.24) is 9.80 Å². The molecule has 57 heavy (non-hydrogen) atoms. The number of benzene rings is 2. The van der Waals surface area contributed by atoms with Crippen LogP contribution in [0.25, 0.3) is 9.69 Å². The molecule has 0 spiro atoms. The fraction of sp³-hybridized carbons (Fsp3) is 0.579. The Morgan fingerprint density at radius 3 is 1.61 bits per heavy atom. The Morgan fingerprint density at radius 2 is 1.21 bits per heavy atom. The van der Waals surface area contributed by atoms with E-state index in [4.69, 9.17) is 41.3 Å². The Kier molecular flexibility index (Phi) is 13.9. The van der Waals surface area contributed by atoms with Crippen molar-refractivity contribution in [3.63, 3.8) is 0 Å². The predicted octanol–water partition coefficient (Wildman–Crippen LogP) is 6.68. The highest BCUT2D eigenvalue weighted by Crippen LogP contribution is 2.55. The van der Waals surface area contributed by atoms with Gasteiger partial charge >= 0.3 is 15.6 Å². The van der Waals surface area contributed by atoms with Gasteiger partial charge in [-0.15, -0.1) is 0 Å². The molecule has 2 saturated heterocycles. The van der Waals surface area contributed by atoms with Crippen molar-refractivity contribution in [2.24, 2.45) is 0 Å². The van der Waals surface area contributed by atoms with Crippen LogP contribution in [0.2, 0.25) is 0 Å². The number of hydrogen-bond acceptors (Lipinski definition) is 10. The smallest absolute Gasteiger partial charge is 0.472 e. The van der Waals surface area contributed by atoms with E-state index in [-0.39, 0.29) is 25.0 Å². The Labute approximate surface area is 332 Å². The van der Waals surface area contributed by atoms with Gasteiger partial charge in [0.2, 0.25) is 11.8 Å². The number of aliphatic hydroxyl groups excluding tert-OH is 1. The lowest BCUT2D eigenvalue weighted by molar-refractivity contribution is -0.139. The van der Waals surface area contributed by atoms with Crippen molar-refractivity contribution < 1.29 is 61.6 Å². The van der Waals surface area contributed by atoms with Gasteiger partial charge in [0.15, 0.2) is 11.4 Å². The summed E-state index contributed by atoms with van der Waals surface area (Å²) in [5.74, 6) is 0.816. The standard InChI is InChI=1S/C22H31N2O7P.C16H19N2O6P/c1-22(2)21(31-32(27,28)29-14-7-5-4-6-13-25)20(24-12-8-9-19(24)26)17-15-16(23-3)10-11-18(17)30-22;1-16(2)15(24-25(20,21)22)14(18-8-4-5-13(18)19)11-9-10(17-3)6-7-12(11)23-16/h10-11,15,20-21,25H,4-9,12-14H2,1-2H3,(H,27,28);6-7,9,14-15H,4-5,8H2,1-2H3,(H2,20,21,22)/t20-,21+;14-,15+/m11/s1. The number of nitrogens with zero attached hydrogens (tertiary/aromatic N) is 4. The first-order chi connectivity index (χ1) is 26.8. The molecule has 17 nitrogen and oxygen atoms in total. The fourth-order valence-corrected chi connectivity index (χ4v) is 9.40. The van der Waals surface area contributed by atoms with Crippen LogP contribution in [0.5, 0.6) is 11.5 Å². The van der Waals surface area contributed by atoms with Crippen LogP contribution >= 0.6 is 15.6 Å². The van der Waals surface area contributed by atoms with Gasteiger partial charge in [-0.25, -0.2) is 18.8 Å². The first kappa shape index (κ1) is 44.2. The van der Waals surface area contributed by atoms with Crippen molar-refractivity contribution in [3.05, 3.63) is 70.4 Å². The highest BCUT2D eigenvalue weighted by molar-refractivity contribution is 7.47. The molecule has 2 amide bonds. The summed E-state index contributed by atoms with van der Waals surface area (Å²) in [7, 11) is -9.27. The van der Waals surface area contributed by atoms with Crippen molar-refractivity contribution >= 4 is 38.8 Å². The molecule has 2 aromatic carbocycles. The van der Waals surface area contributed by atoms with Crippen molar-refractivity contribution in [2.45, 2.75) is 115 Å². The van der Waals surface area contributed by atoms with Crippen LogP contribution in [0, 0.1) is 13.1 Å². The van der Waals surface area contributed by atoms with Gasteiger partial charge in [-0.1, -0.05) is 25.0 Å². The number of aliphatic hydroxyl groups is 1. The summed E-state index contributed by atoms with van der Waals surface area (Å²) in [6.07, 6.45) is 2.85. The second-order valence-corrected chi connectivity index (χ2v) is 17.9. The normalized spacial score (nSPS) is 24.5. The molecule has 0 aromatic heterocycles. The third-order valence-electron chi connectivity index (χ3n) is 10.3. The maximum atomic E-state index is 12.8. The average molecular weight is 833 g/mol. The van der Waals surface area contributed by atoms with E-state index in [0.29, 0.717) is 85.6 Å². The monoisotopic (exact) mass is 832 g/mol. The molecule has 1 unspecified atom stereocenters. The molecule has 0 saturated carbocycles. The molecule has 2 fully saturated rings. The average Bonchev–Trinajstić information content (AvgIpc) is 3.76. The number of likely N-dealkylation sites (tertiary alicyclic amines) is 2. The number of carbonyl (C=O) groups is 2. The largest absolute Gasteiger partial charge is 0.485 e. The lowest BCUT2D eigenvalue weighted by atomic mass is 9.85. The van der Waals surface area contributed by atoms with Crippen LogP contribution in [0.3, 0.4) is 0 Å². The first-order valence-electron chi connectivity index (χ1n) is 18.8. The summed E-state index contributed by atoms with van der Waals surface area (Å²) >= 11 is 0. The Balaban J connectivity index is 0.000000224. The molecular formula is C38H50N4O13P2. The SMILES string of the molecule is [C-]#[N+]c1ccc2c(c1)[C@@H](N1CCCC1=O)[C@H](OP(=O)(O)O)C(C)(C)O2.[C-]#[N+]c1ccc2c(c1)[C@@H](N1CCCC1=O)[C@H](OP(=O)(O)OCCCCCCO)C(C)(C)O2. The van der Waals surface area contributed by atoms with E-state index in [9.17, 15) is 33.4 Å². The second kappa shape index (κ2) is 18.0. The molecule has 310 valence electrons. The maximum absolute atomic E-state index is 12.8. The maximum Gasteiger partial charge on any atom is 0.472 e. The summed E-state index contributed by atoms with van der Waals surface area (Å²) in [6.45, 7) is 22.4. The van der Waals surface area contributed by atoms with Gasteiger partial charge in [-0.05, 0) is 77.6 Å². The summed E-state index contributed by atoms with van der Waals surface area (Å²) < 4.78 is 52.3. The second-order valence-electron chi connectivity index (χ2n) is 15.3. The molecule has 4 N–H and O–H groups in total. The lowest BCUT2D eigenvalue weighted by Crippen LogP contribution is -2.54. The van der Waals surface area contributed by atoms with E-state index in [0.717, 1.165) is 12.8 Å². The number of phosphoric acid groups is 2. The lowest BCUT2D eigenvalue weighted by Gasteiger charge is -2.47. The molecule has 4 aliphatic heterocycles. The predicted molar refractivity (Wildman–Crippen MR) is 205 cm³/mol. The van der Waals surface area contributed by atoms with Crippen molar-refractivity contribution in [1.29, 1.82) is 0 Å². The van der Waals surface area contributed by atoms with Gasteiger partial charge in [0.1, 0.15) is 34.9 Å². The minimum atomic E-state index is -4.82. The van der Waals surface area contributed by atoms with Crippen LogP contribution in [0.4, 0.5) is 11.4 Å². The van der Waals surface area contributed by atoms with Crippen molar-refractivity contribution in [2.75, 3.05) is 26.3 Å². The topological polar surface area (TPSA) is 211 Å². The van der Waals surface area contributed by atoms with E-state index in [2.05, 4.69) is 9.69 Å². The number of carbonyl (C=O) groups excluding carboxylic acids is 2. The molecule has 4 aliphatic rings. The Morgan fingerprint density at radius 1 is 0.754 bits per heavy atom. The number of amides is 2. The number of unbranched alkanes of at least 4 members (excludes halogenated alkanes) is 3. The number of hydrogen-bond donors (Lipinski definition) is 4. The molecule has 19 heteroatoms. The van der Waals surface area contributed by atoms with Crippen molar-refractivity contribution in [3.8, 4) is 11.5 Å². The highest BCUT2D eigenvalue weighted by Gasteiger charge is 2.53. The van der Waals surface area contributed by atoms with E-state index < -0.39 is 51.1 Å². The van der Waals surface area contributed by atoms with E-state index in [1.54, 1.807) is 73.9 Å². The van der Waals surface area contributed by atoms with Crippen LogP contribution in [0.1, 0.15) is 102 Å². The molecule has 6 rings (SSSR count). The molecule has 4 heterocycles. The quantitative estimate of drug-likeness (QED) is 0.0945. The summed E-state index contributed by atoms with van der Waals surface area (Å²) in [5, 5.41) is 8.83.